The highest BCUT2D eigenvalue weighted by Gasteiger charge is 1.99. The minimum Gasteiger partial charge on any atom is -0.508 e. The zero-order valence-corrected chi connectivity index (χ0v) is 9.04. The Morgan fingerprint density at radius 2 is 1.76 bits per heavy atom. The summed E-state index contributed by atoms with van der Waals surface area (Å²) in [5.74, 6) is -1.75. The maximum atomic E-state index is 10.2. The molecular weight excluding hydrogens is 228 g/mol. The first-order valence-electron chi connectivity index (χ1n) is 4.78. The number of phenols is 1. The maximum Gasteiger partial charge on any atom is 0.307 e. The average molecular weight is 242 g/mol. The van der Waals surface area contributed by atoms with E-state index in [0.29, 0.717) is 5.56 Å². The normalized spacial score (nSPS) is 9.00. The van der Waals surface area contributed by atoms with Crippen molar-refractivity contribution >= 4 is 11.9 Å². The molecule has 0 saturated carbocycles. The van der Waals surface area contributed by atoms with Crippen molar-refractivity contribution in [2.24, 2.45) is 0 Å². The molecule has 6 nitrogen and oxygen atoms in total. The predicted octanol–water partition coefficient (Wildman–Crippen LogP) is 0.473. The molecule has 1 aromatic rings. The number of carboxylic acid groups (broad SMARTS) is 2. The van der Waals surface area contributed by atoms with Crippen molar-refractivity contribution in [1.29, 1.82) is 0 Å². The summed E-state index contributed by atoms with van der Waals surface area (Å²) < 4.78 is 0. The van der Waals surface area contributed by atoms with Crippen LogP contribution in [0.1, 0.15) is 12.0 Å². The zero-order chi connectivity index (χ0) is 13.3. The van der Waals surface area contributed by atoms with Crippen molar-refractivity contribution in [3.8, 4) is 5.75 Å². The van der Waals surface area contributed by atoms with E-state index < -0.39 is 11.9 Å². The van der Waals surface area contributed by atoms with Gasteiger partial charge in [-0.2, -0.15) is 0 Å². The molecule has 0 bridgehead atoms. The number of hydrogen-bond donors (Lipinski definition) is 4. The monoisotopic (exact) mass is 242 g/mol. The van der Waals surface area contributed by atoms with Gasteiger partial charge in [0.25, 0.3) is 0 Å². The second-order valence-electron chi connectivity index (χ2n) is 3.11. The second-order valence-corrected chi connectivity index (χ2v) is 3.11. The maximum absolute atomic E-state index is 10.2. The fraction of sp³-hybridized carbons (Fsp3) is 0.273. The van der Waals surface area contributed by atoms with Crippen LogP contribution < -0.4 is 0 Å². The highest BCUT2D eigenvalue weighted by atomic mass is 16.4. The Morgan fingerprint density at radius 3 is 2.12 bits per heavy atom. The van der Waals surface area contributed by atoms with Crippen molar-refractivity contribution in [1.82, 2.24) is 0 Å². The number of aromatic hydroxyl groups is 1. The molecule has 0 spiro atoms. The van der Waals surface area contributed by atoms with E-state index >= 15 is 0 Å². The molecule has 0 aliphatic heterocycles. The molecule has 0 radical (unpaired) electrons. The Kier molecular flexibility index (Phi) is 7.12. The number of aliphatic hydroxyl groups is 1. The molecule has 4 N–H and O–H groups in total. The summed E-state index contributed by atoms with van der Waals surface area (Å²) in [5.41, 5.74) is 0.609. The van der Waals surface area contributed by atoms with Gasteiger partial charge in [-0.25, -0.2) is 0 Å². The fourth-order valence-corrected chi connectivity index (χ4v) is 0.937. The summed E-state index contributed by atoms with van der Waals surface area (Å²) in [6.45, 7) is -0.269. The van der Waals surface area contributed by atoms with Gasteiger partial charge in [0.05, 0.1) is 19.4 Å². The van der Waals surface area contributed by atoms with Crippen LogP contribution in [0.15, 0.2) is 24.3 Å². The summed E-state index contributed by atoms with van der Waals surface area (Å²) in [6.07, 6.45) is -0.200. The molecule has 6 heteroatoms. The Balaban J connectivity index is 0.000000366. The van der Waals surface area contributed by atoms with E-state index in [1.165, 1.54) is 12.1 Å². The topological polar surface area (TPSA) is 115 Å². The summed E-state index contributed by atoms with van der Waals surface area (Å²) in [7, 11) is 0. The minimum absolute atomic E-state index is 0.0472. The molecule has 94 valence electrons. The van der Waals surface area contributed by atoms with Gasteiger partial charge in [-0.1, -0.05) is 12.1 Å². The molecular formula is C11H14O6. The van der Waals surface area contributed by atoms with Gasteiger partial charge >= 0.3 is 11.9 Å². The molecule has 0 aliphatic carbocycles. The molecule has 1 rings (SSSR count). The number of carbonyl (C=O) groups is 2. The number of aliphatic hydroxyl groups excluding tert-OH is 1. The lowest BCUT2D eigenvalue weighted by Gasteiger charge is -1.96. The number of hydrogen-bond acceptors (Lipinski definition) is 4. The van der Waals surface area contributed by atoms with Crippen molar-refractivity contribution in [2.75, 3.05) is 6.61 Å². The van der Waals surface area contributed by atoms with Crippen molar-refractivity contribution in [3.63, 3.8) is 0 Å². The van der Waals surface area contributed by atoms with E-state index in [1.54, 1.807) is 12.1 Å². The van der Waals surface area contributed by atoms with E-state index in [9.17, 15) is 9.59 Å². The zero-order valence-electron chi connectivity index (χ0n) is 9.04. The second kappa shape index (κ2) is 8.12. The van der Waals surface area contributed by atoms with Gasteiger partial charge in [-0.15, -0.1) is 0 Å². The third-order valence-corrected chi connectivity index (χ3v) is 1.59. The summed E-state index contributed by atoms with van der Waals surface area (Å²) in [4.78, 5) is 19.6. The third-order valence-electron chi connectivity index (χ3n) is 1.59. The Bertz CT molecular complexity index is 374. The summed E-state index contributed by atoms with van der Waals surface area (Å²) in [5, 5.41) is 32.9. The first kappa shape index (κ1) is 14.9. The largest absolute Gasteiger partial charge is 0.508 e. The number of phenolic OH excluding ortho intramolecular Hbond substituents is 1. The van der Waals surface area contributed by atoms with Gasteiger partial charge < -0.3 is 20.4 Å². The molecule has 0 aliphatic rings. The molecule has 17 heavy (non-hydrogen) atoms. The summed E-state index contributed by atoms with van der Waals surface area (Å²) >= 11 is 0. The standard InChI is InChI=1S/C8H8O3.C3H6O3/c9-7-3-1-2-6(4-7)5-8(10)11;4-2-1-3(5)6/h1-4,9H,5H2,(H,10,11);4H,1-2H2,(H,5,6). The van der Waals surface area contributed by atoms with Gasteiger partial charge in [-0.05, 0) is 17.7 Å². The van der Waals surface area contributed by atoms with Crippen molar-refractivity contribution < 1.29 is 30.0 Å². The predicted molar refractivity (Wildman–Crippen MR) is 58.8 cm³/mol. The lowest BCUT2D eigenvalue weighted by molar-refractivity contribution is -0.138. The Labute approximate surface area is 97.8 Å². The van der Waals surface area contributed by atoms with Gasteiger partial charge in [-0.3, -0.25) is 9.59 Å². The van der Waals surface area contributed by atoms with E-state index in [4.69, 9.17) is 20.4 Å². The lowest BCUT2D eigenvalue weighted by atomic mass is 10.1. The highest BCUT2D eigenvalue weighted by Crippen LogP contribution is 2.10. The van der Waals surface area contributed by atoms with Gasteiger partial charge in [0.1, 0.15) is 5.75 Å². The summed E-state index contributed by atoms with van der Waals surface area (Å²) in [6, 6.07) is 6.22. The van der Waals surface area contributed by atoms with Crippen LogP contribution in [-0.2, 0) is 16.0 Å². The molecule has 0 heterocycles. The molecule has 1 aromatic carbocycles. The molecule has 0 unspecified atom stereocenters. The number of benzene rings is 1. The minimum atomic E-state index is -0.961. The number of rotatable bonds is 4. The Hall–Kier alpha value is -2.08. The molecule has 0 aromatic heterocycles. The first-order chi connectivity index (χ1) is 7.95. The molecule has 0 fully saturated rings. The van der Waals surface area contributed by atoms with E-state index in [0.717, 1.165) is 0 Å². The Morgan fingerprint density at radius 1 is 1.12 bits per heavy atom. The van der Waals surface area contributed by atoms with Crippen LogP contribution >= 0.6 is 0 Å². The highest BCUT2D eigenvalue weighted by molar-refractivity contribution is 5.70. The average Bonchev–Trinajstić information content (AvgIpc) is 2.16. The number of aliphatic carboxylic acids is 2. The van der Waals surface area contributed by atoms with Crippen LogP contribution in [0.4, 0.5) is 0 Å². The van der Waals surface area contributed by atoms with Gasteiger partial charge in [0, 0.05) is 0 Å². The van der Waals surface area contributed by atoms with Crippen molar-refractivity contribution in [3.05, 3.63) is 29.8 Å². The van der Waals surface area contributed by atoms with Crippen LogP contribution in [0.25, 0.3) is 0 Å². The van der Waals surface area contributed by atoms with Crippen LogP contribution in [0, 0.1) is 0 Å². The first-order valence-corrected chi connectivity index (χ1v) is 4.78. The van der Waals surface area contributed by atoms with E-state index in [1.807, 2.05) is 0 Å². The van der Waals surface area contributed by atoms with Gasteiger partial charge in [0.2, 0.25) is 0 Å². The van der Waals surface area contributed by atoms with Gasteiger partial charge in [0.15, 0.2) is 0 Å². The van der Waals surface area contributed by atoms with Crippen molar-refractivity contribution in [2.45, 2.75) is 12.8 Å². The smallest absolute Gasteiger partial charge is 0.307 e. The van der Waals surface area contributed by atoms with E-state index in [-0.39, 0.29) is 25.2 Å². The number of carboxylic acids is 2. The molecule has 0 amide bonds. The van der Waals surface area contributed by atoms with Crippen LogP contribution in [0.3, 0.4) is 0 Å². The van der Waals surface area contributed by atoms with Crippen LogP contribution in [0.2, 0.25) is 0 Å². The molecule has 0 atom stereocenters. The quantitative estimate of drug-likeness (QED) is 0.610. The van der Waals surface area contributed by atoms with E-state index in [2.05, 4.69) is 0 Å². The third kappa shape index (κ3) is 8.88. The molecule has 0 saturated heterocycles. The van der Waals surface area contributed by atoms with Crippen LogP contribution in [0.5, 0.6) is 5.75 Å². The van der Waals surface area contributed by atoms with Crippen LogP contribution in [-0.4, -0.2) is 39.0 Å². The SMILES string of the molecule is O=C(O)CCO.O=C(O)Cc1cccc(O)c1. The fourth-order valence-electron chi connectivity index (χ4n) is 0.937. The lowest BCUT2D eigenvalue weighted by Crippen LogP contribution is -1.99.